The molecule has 25 heavy (non-hydrogen) atoms. The molecule has 1 heterocycles. The van der Waals surface area contributed by atoms with Crippen molar-refractivity contribution in [1.82, 2.24) is 16.1 Å². The molecule has 1 atom stereocenters. The fourth-order valence-corrected chi connectivity index (χ4v) is 3.09. The van der Waals surface area contributed by atoms with E-state index < -0.39 is 5.12 Å². The van der Waals surface area contributed by atoms with Crippen LogP contribution in [-0.2, 0) is 11.2 Å². The largest absolute Gasteiger partial charge is 0.305 e. The molecule has 1 aliphatic heterocycles. The van der Waals surface area contributed by atoms with Crippen molar-refractivity contribution in [1.29, 1.82) is 0 Å². The maximum atomic E-state index is 12.9. The van der Waals surface area contributed by atoms with Gasteiger partial charge < -0.3 is 5.32 Å². The Labute approximate surface area is 150 Å². The van der Waals surface area contributed by atoms with Crippen LogP contribution in [-0.4, -0.2) is 29.5 Å². The lowest BCUT2D eigenvalue weighted by molar-refractivity contribution is -0.116. The SMILES string of the molecule is CSC1(NCCc2ccc(F)cc2)NN=C(c2ccccc2)C(=O)N1. The number of carbonyl (C=O) groups excluding carboxylic acids is 1. The normalized spacial score (nSPS) is 19.8. The van der Waals surface area contributed by atoms with Gasteiger partial charge in [-0.2, -0.15) is 5.10 Å². The van der Waals surface area contributed by atoms with Crippen LogP contribution in [0.15, 0.2) is 59.7 Å². The Hall–Kier alpha value is -2.38. The molecule has 3 N–H and O–H groups in total. The molecule has 3 rings (SSSR count). The number of halogens is 1. The Morgan fingerprint density at radius 2 is 1.88 bits per heavy atom. The van der Waals surface area contributed by atoms with Crippen LogP contribution >= 0.6 is 11.8 Å². The first-order valence-corrected chi connectivity index (χ1v) is 9.12. The lowest BCUT2D eigenvalue weighted by Crippen LogP contribution is -2.68. The van der Waals surface area contributed by atoms with Gasteiger partial charge in [-0.05, 0) is 30.4 Å². The fraction of sp³-hybridized carbons (Fsp3) is 0.222. The second kappa shape index (κ2) is 7.67. The minimum absolute atomic E-state index is 0.242. The number of nitrogens with one attached hydrogen (secondary N) is 3. The van der Waals surface area contributed by atoms with Gasteiger partial charge in [0, 0.05) is 12.1 Å². The maximum Gasteiger partial charge on any atom is 0.275 e. The van der Waals surface area contributed by atoms with Gasteiger partial charge in [-0.1, -0.05) is 54.2 Å². The molecule has 2 aromatic rings. The summed E-state index contributed by atoms with van der Waals surface area (Å²) in [5, 5.41) is 9.60. The predicted molar refractivity (Wildman–Crippen MR) is 98.6 cm³/mol. The number of hydrazone groups is 1. The van der Waals surface area contributed by atoms with E-state index in [4.69, 9.17) is 0 Å². The number of amides is 1. The van der Waals surface area contributed by atoms with Crippen LogP contribution in [0, 0.1) is 5.82 Å². The lowest BCUT2D eigenvalue weighted by Gasteiger charge is -2.36. The molecule has 0 spiro atoms. The number of thioether (sulfide) groups is 1. The topological polar surface area (TPSA) is 65.5 Å². The van der Waals surface area contributed by atoms with Gasteiger partial charge in [-0.25, -0.2) is 4.39 Å². The van der Waals surface area contributed by atoms with Gasteiger partial charge in [-0.3, -0.25) is 15.5 Å². The monoisotopic (exact) mass is 358 g/mol. The number of hydrogen-bond acceptors (Lipinski definition) is 5. The Bertz CT molecular complexity index is 766. The first-order valence-electron chi connectivity index (χ1n) is 7.89. The molecule has 0 aromatic heterocycles. The van der Waals surface area contributed by atoms with Crippen LogP contribution in [0.3, 0.4) is 0 Å². The van der Waals surface area contributed by atoms with E-state index in [0.717, 1.165) is 11.1 Å². The first kappa shape index (κ1) is 17.4. The van der Waals surface area contributed by atoms with Crippen LogP contribution in [0.25, 0.3) is 0 Å². The highest BCUT2D eigenvalue weighted by Crippen LogP contribution is 2.17. The third-order valence-corrected chi connectivity index (χ3v) is 4.83. The summed E-state index contributed by atoms with van der Waals surface area (Å²) in [5.41, 5.74) is 5.13. The van der Waals surface area contributed by atoms with E-state index in [9.17, 15) is 9.18 Å². The highest BCUT2D eigenvalue weighted by molar-refractivity contribution is 7.99. The smallest absolute Gasteiger partial charge is 0.275 e. The molecule has 1 unspecified atom stereocenters. The molecule has 1 amide bonds. The third kappa shape index (κ3) is 4.18. The van der Waals surface area contributed by atoms with Gasteiger partial charge in [0.25, 0.3) is 5.91 Å². The number of hydrogen-bond donors (Lipinski definition) is 3. The van der Waals surface area contributed by atoms with Crippen molar-refractivity contribution in [3.05, 3.63) is 71.5 Å². The molecular formula is C18H19FN4OS. The molecule has 1 aliphatic rings. The van der Waals surface area contributed by atoms with Gasteiger partial charge in [0.2, 0.25) is 5.12 Å². The van der Waals surface area contributed by atoms with Crippen molar-refractivity contribution in [3.63, 3.8) is 0 Å². The van der Waals surface area contributed by atoms with E-state index in [-0.39, 0.29) is 11.7 Å². The van der Waals surface area contributed by atoms with Gasteiger partial charge in [0.15, 0.2) is 5.71 Å². The molecule has 0 aliphatic carbocycles. The minimum atomic E-state index is -0.866. The minimum Gasteiger partial charge on any atom is -0.305 e. The number of nitrogens with zero attached hydrogens (tertiary/aromatic N) is 1. The summed E-state index contributed by atoms with van der Waals surface area (Å²) in [7, 11) is 0. The molecule has 5 nitrogen and oxygen atoms in total. The summed E-state index contributed by atoms with van der Waals surface area (Å²) in [6.45, 7) is 0.593. The number of rotatable bonds is 6. The third-order valence-electron chi connectivity index (χ3n) is 3.88. The molecule has 0 saturated heterocycles. The van der Waals surface area contributed by atoms with Crippen molar-refractivity contribution >= 4 is 23.4 Å². The van der Waals surface area contributed by atoms with Gasteiger partial charge in [-0.15, -0.1) is 0 Å². The Morgan fingerprint density at radius 1 is 1.16 bits per heavy atom. The number of carbonyl (C=O) groups is 1. The van der Waals surface area contributed by atoms with Crippen LogP contribution in [0.1, 0.15) is 11.1 Å². The summed E-state index contributed by atoms with van der Waals surface area (Å²) in [6, 6.07) is 15.7. The molecule has 0 radical (unpaired) electrons. The molecule has 7 heteroatoms. The van der Waals surface area contributed by atoms with Crippen molar-refractivity contribution < 1.29 is 9.18 Å². The van der Waals surface area contributed by atoms with Crippen LogP contribution in [0.2, 0.25) is 0 Å². The summed E-state index contributed by atoms with van der Waals surface area (Å²) >= 11 is 1.41. The van der Waals surface area contributed by atoms with Crippen LogP contribution in [0.5, 0.6) is 0 Å². The zero-order chi connectivity index (χ0) is 17.7. The Morgan fingerprint density at radius 3 is 2.52 bits per heavy atom. The molecular weight excluding hydrogens is 339 g/mol. The van der Waals surface area contributed by atoms with E-state index in [0.29, 0.717) is 18.7 Å². The first-order chi connectivity index (χ1) is 12.1. The van der Waals surface area contributed by atoms with Crippen LogP contribution < -0.4 is 16.1 Å². The zero-order valence-corrected chi connectivity index (χ0v) is 14.6. The molecule has 0 saturated carbocycles. The zero-order valence-electron chi connectivity index (χ0n) is 13.8. The molecule has 0 bridgehead atoms. The average molecular weight is 358 g/mol. The average Bonchev–Trinajstić information content (AvgIpc) is 2.64. The summed E-state index contributed by atoms with van der Waals surface area (Å²) in [5.74, 6) is -0.491. The molecule has 0 fully saturated rings. The van der Waals surface area contributed by atoms with Gasteiger partial charge in [0.05, 0.1) is 0 Å². The second-order valence-corrected chi connectivity index (χ2v) is 6.60. The van der Waals surface area contributed by atoms with E-state index in [2.05, 4.69) is 21.2 Å². The fourth-order valence-electron chi connectivity index (χ4n) is 2.51. The van der Waals surface area contributed by atoms with Crippen molar-refractivity contribution in [2.24, 2.45) is 5.10 Å². The summed E-state index contributed by atoms with van der Waals surface area (Å²) < 4.78 is 12.9. The summed E-state index contributed by atoms with van der Waals surface area (Å²) in [4.78, 5) is 12.5. The molecule has 2 aromatic carbocycles. The van der Waals surface area contributed by atoms with E-state index >= 15 is 0 Å². The lowest BCUT2D eigenvalue weighted by atomic mass is 10.1. The van der Waals surface area contributed by atoms with E-state index in [1.165, 1.54) is 23.9 Å². The van der Waals surface area contributed by atoms with Gasteiger partial charge >= 0.3 is 0 Å². The van der Waals surface area contributed by atoms with Gasteiger partial charge in [0.1, 0.15) is 5.82 Å². The number of benzene rings is 2. The maximum absolute atomic E-state index is 12.9. The van der Waals surface area contributed by atoms with Crippen LogP contribution in [0.4, 0.5) is 4.39 Å². The quantitative estimate of drug-likeness (QED) is 0.692. The van der Waals surface area contributed by atoms with Crippen molar-refractivity contribution in [2.75, 3.05) is 12.8 Å². The summed E-state index contributed by atoms with van der Waals surface area (Å²) in [6.07, 6.45) is 2.58. The Kier molecular flexibility index (Phi) is 5.35. The highest BCUT2D eigenvalue weighted by Gasteiger charge is 2.35. The van der Waals surface area contributed by atoms with E-state index in [1.54, 1.807) is 12.1 Å². The predicted octanol–water partition coefficient (Wildman–Crippen LogP) is 2.06. The molecule has 130 valence electrons. The van der Waals surface area contributed by atoms with Crippen molar-refractivity contribution in [2.45, 2.75) is 11.5 Å². The second-order valence-electron chi connectivity index (χ2n) is 5.58. The standard InChI is InChI=1S/C18H19FN4OS/c1-25-18(20-12-11-13-7-9-15(19)10-8-13)21-17(24)16(22-23-18)14-5-3-2-4-6-14/h2-10,20,23H,11-12H2,1H3,(H,21,24). The highest BCUT2D eigenvalue weighted by atomic mass is 32.2. The van der Waals surface area contributed by atoms with E-state index in [1.807, 2.05) is 36.6 Å². The van der Waals surface area contributed by atoms with Crippen molar-refractivity contribution in [3.8, 4) is 0 Å². The Balaban J connectivity index is 1.65.